The lowest BCUT2D eigenvalue weighted by molar-refractivity contribution is -0.175. The van der Waals surface area contributed by atoms with Crippen molar-refractivity contribution >= 4 is 22.7 Å². The van der Waals surface area contributed by atoms with E-state index in [1.54, 1.807) is 7.11 Å². The Hall–Kier alpha value is -3.49. The molecule has 3 aromatic rings. The van der Waals surface area contributed by atoms with Gasteiger partial charge in [-0.05, 0) is 35.9 Å². The molecule has 0 aliphatic carbocycles. The van der Waals surface area contributed by atoms with E-state index in [9.17, 15) is 22.8 Å². The fourth-order valence-electron chi connectivity index (χ4n) is 4.73. The highest BCUT2D eigenvalue weighted by Crippen LogP contribution is 2.37. The smallest absolute Gasteiger partial charge is 0.406 e. The molecular formula is C23H20F3N3O3. The zero-order valence-corrected chi connectivity index (χ0v) is 17.2. The van der Waals surface area contributed by atoms with Crippen LogP contribution < -0.4 is 4.74 Å². The van der Waals surface area contributed by atoms with Crippen LogP contribution in [0.15, 0.2) is 48.5 Å². The zero-order chi connectivity index (χ0) is 22.6. The van der Waals surface area contributed by atoms with Crippen LogP contribution in [0.4, 0.5) is 13.2 Å². The highest BCUT2D eigenvalue weighted by molar-refractivity contribution is 5.97. The number of amides is 2. The van der Waals surface area contributed by atoms with Gasteiger partial charge in [-0.3, -0.25) is 9.59 Å². The lowest BCUT2D eigenvalue weighted by atomic mass is 9.94. The Morgan fingerprint density at radius 3 is 2.44 bits per heavy atom. The SMILES string of the molecule is COc1ccc(-n2c3c(c4ccccc42)CC2C(=O)N(CC(F)(F)F)CC(=O)N2C3)cc1. The second-order valence-corrected chi connectivity index (χ2v) is 8.03. The first kappa shape index (κ1) is 20.4. The number of para-hydroxylation sites is 1. The first-order valence-corrected chi connectivity index (χ1v) is 10.2. The summed E-state index contributed by atoms with van der Waals surface area (Å²) in [4.78, 5) is 27.7. The predicted molar refractivity (Wildman–Crippen MR) is 111 cm³/mol. The Morgan fingerprint density at radius 1 is 1.03 bits per heavy atom. The van der Waals surface area contributed by atoms with E-state index in [2.05, 4.69) is 0 Å². The summed E-state index contributed by atoms with van der Waals surface area (Å²) in [6.07, 6.45) is -4.37. The molecule has 0 spiro atoms. The number of carbonyl (C=O) groups is 2. The van der Waals surface area contributed by atoms with Crippen molar-refractivity contribution in [3.8, 4) is 11.4 Å². The number of hydrogen-bond donors (Lipinski definition) is 0. The maximum Gasteiger partial charge on any atom is 0.406 e. The first-order valence-electron chi connectivity index (χ1n) is 10.2. The van der Waals surface area contributed by atoms with Crippen LogP contribution in [-0.2, 0) is 22.6 Å². The lowest BCUT2D eigenvalue weighted by Gasteiger charge is -2.43. The van der Waals surface area contributed by atoms with Crippen LogP contribution >= 0.6 is 0 Å². The molecule has 2 aliphatic heterocycles. The van der Waals surface area contributed by atoms with Gasteiger partial charge in [0, 0.05) is 23.2 Å². The fraction of sp³-hybridized carbons (Fsp3) is 0.304. The molecule has 1 fully saturated rings. The monoisotopic (exact) mass is 443 g/mol. The number of piperazine rings is 1. The molecule has 1 saturated heterocycles. The van der Waals surface area contributed by atoms with Gasteiger partial charge >= 0.3 is 6.18 Å². The number of carbonyl (C=O) groups excluding carboxylic acids is 2. The number of rotatable bonds is 3. The van der Waals surface area contributed by atoms with E-state index < -0.39 is 37.1 Å². The molecule has 9 heteroatoms. The molecule has 2 amide bonds. The van der Waals surface area contributed by atoms with E-state index >= 15 is 0 Å². The molecule has 0 N–H and O–H groups in total. The second-order valence-electron chi connectivity index (χ2n) is 8.03. The van der Waals surface area contributed by atoms with E-state index in [0.717, 1.165) is 27.8 Å². The fourth-order valence-corrected chi connectivity index (χ4v) is 4.73. The minimum absolute atomic E-state index is 0.158. The van der Waals surface area contributed by atoms with Crippen molar-refractivity contribution in [2.75, 3.05) is 20.2 Å². The third-order valence-corrected chi connectivity index (χ3v) is 6.13. The molecule has 3 heterocycles. The van der Waals surface area contributed by atoms with Crippen molar-refractivity contribution < 1.29 is 27.5 Å². The van der Waals surface area contributed by atoms with E-state index in [0.29, 0.717) is 10.6 Å². The van der Waals surface area contributed by atoms with Crippen molar-refractivity contribution in [1.82, 2.24) is 14.4 Å². The Bertz CT molecular complexity index is 1220. The zero-order valence-electron chi connectivity index (χ0n) is 17.2. The van der Waals surface area contributed by atoms with E-state index in [1.165, 1.54) is 4.90 Å². The molecule has 0 radical (unpaired) electrons. The summed E-state index contributed by atoms with van der Waals surface area (Å²) in [5, 5.41) is 0.922. The number of halogens is 3. The maximum absolute atomic E-state index is 12.9. The van der Waals surface area contributed by atoms with Crippen LogP contribution in [0, 0.1) is 0 Å². The Morgan fingerprint density at radius 2 is 1.75 bits per heavy atom. The van der Waals surface area contributed by atoms with E-state index in [1.807, 2.05) is 53.1 Å². The lowest BCUT2D eigenvalue weighted by Crippen LogP contribution is -2.62. The average molecular weight is 443 g/mol. The van der Waals surface area contributed by atoms with Gasteiger partial charge in [0.2, 0.25) is 11.8 Å². The summed E-state index contributed by atoms with van der Waals surface area (Å²) >= 11 is 0. The maximum atomic E-state index is 12.9. The minimum Gasteiger partial charge on any atom is -0.497 e. The molecule has 2 aliphatic rings. The summed E-state index contributed by atoms with van der Waals surface area (Å²) in [7, 11) is 1.59. The van der Waals surface area contributed by atoms with Gasteiger partial charge in [0.05, 0.1) is 19.2 Å². The summed E-state index contributed by atoms with van der Waals surface area (Å²) in [5.74, 6) is -0.425. The number of methoxy groups -OCH3 is 1. The Balaban J connectivity index is 1.60. The molecule has 1 unspecified atom stereocenters. The average Bonchev–Trinajstić information content (AvgIpc) is 3.09. The van der Waals surface area contributed by atoms with Crippen LogP contribution in [0.2, 0.25) is 0 Å². The quantitative estimate of drug-likeness (QED) is 0.624. The molecule has 6 nitrogen and oxygen atoms in total. The third-order valence-electron chi connectivity index (χ3n) is 6.13. The van der Waals surface area contributed by atoms with Crippen molar-refractivity contribution in [2.45, 2.75) is 25.2 Å². The Kier molecular flexibility index (Phi) is 4.65. The van der Waals surface area contributed by atoms with Gasteiger partial charge in [-0.25, -0.2) is 0 Å². The number of aromatic nitrogens is 1. The summed E-state index contributed by atoms with van der Waals surface area (Å²) < 4.78 is 46.1. The number of nitrogens with zero attached hydrogens (tertiary/aromatic N) is 3. The molecule has 2 aromatic carbocycles. The number of ether oxygens (including phenoxy) is 1. The molecule has 166 valence electrons. The van der Waals surface area contributed by atoms with Crippen LogP contribution in [0.5, 0.6) is 5.75 Å². The summed E-state index contributed by atoms with van der Waals surface area (Å²) in [6.45, 7) is -1.82. The van der Waals surface area contributed by atoms with E-state index in [-0.39, 0.29) is 13.0 Å². The van der Waals surface area contributed by atoms with Crippen molar-refractivity contribution in [1.29, 1.82) is 0 Å². The normalized spacial score (nSPS) is 18.7. The molecule has 0 bridgehead atoms. The number of benzene rings is 2. The first-order chi connectivity index (χ1) is 15.3. The largest absolute Gasteiger partial charge is 0.497 e. The molecule has 1 aromatic heterocycles. The van der Waals surface area contributed by atoms with Gasteiger partial charge in [0.25, 0.3) is 0 Å². The molecular weight excluding hydrogens is 423 g/mol. The topological polar surface area (TPSA) is 54.8 Å². The van der Waals surface area contributed by atoms with Crippen LogP contribution in [0.25, 0.3) is 16.6 Å². The molecule has 32 heavy (non-hydrogen) atoms. The van der Waals surface area contributed by atoms with Gasteiger partial charge < -0.3 is 19.1 Å². The minimum atomic E-state index is -4.55. The second kappa shape index (κ2) is 7.29. The summed E-state index contributed by atoms with van der Waals surface area (Å²) in [5.41, 5.74) is 3.52. The number of alkyl halides is 3. The van der Waals surface area contributed by atoms with Crippen molar-refractivity contribution in [3.05, 3.63) is 59.8 Å². The highest BCUT2D eigenvalue weighted by atomic mass is 19.4. The van der Waals surface area contributed by atoms with Gasteiger partial charge in [-0.1, -0.05) is 18.2 Å². The van der Waals surface area contributed by atoms with Crippen molar-refractivity contribution in [3.63, 3.8) is 0 Å². The van der Waals surface area contributed by atoms with Crippen LogP contribution in [0.1, 0.15) is 11.3 Å². The van der Waals surface area contributed by atoms with Gasteiger partial charge in [-0.15, -0.1) is 0 Å². The van der Waals surface area contributed by atoms with Gasteiger partial charge in [-0.2, -0.15) is 13.2 Å². The standard InChI is InChI=1S/C23H20F3N3O3/c1-32-15-8-6-14(7-9-15)29-18-5-3-2-4-16(18)17-10-19-22(31)27(13-23(24,25)26)12-21(30)28(19)11-20(17)29/h2-9,19H,10-13H2,1H3. The van der Waals surface area contributed by atoms with E-state index in [4.69, 9.17) is 4.74 Å². The van der Waals surface area contributed by atoms with Crippen molar-refractivity contribution in [2.24, 2.45) is 0 Å². The molecule has 1 atom stereocenters. The third kappa shape index (κ3) is 3.28. The summed E-state index contributed by atoms with van der Waals surface area (Å²) in [6, 6.07) is 14.3. The number of hydrogen-bond acceptors (Lipinski definition) is 3. The highest BCUT2D eigenvalue weighted by Gasteiger charge is 2.46. The van der Waals surface area contributed by atoms with Crippen LogP contribution in [0.3, 0.4) is 0 Å². The van der Waals surface area contributed by atoms with Gasteiger partial charge in [0.15, 0.2) is 0 Å². The van der Waals surface area contributed by atoms with Gasteiger partial charge in [0.1, 0.15) is 24.9 Å². The molecule has 5 rings (SSSR count). The molecule has 0 saturated carbocycles. The Labute approximate surface area is 181 Å². The number of fused-ring (bicyclic) bond motifs is 4. The van der Waals surface area contributed by atoms with Crippen LogP contribution in [-0.4, -0.2) is 58.6 Å². The predicted octanol–water partition coefficient (Wildman–Crippen LogP) is 3.30.